The van der Waals surface area contributed by atoms with Crippen LogP contribution in [0.25, 0.3) is 0 Å². The number of halogens is 1. The molecule has 0 fully saturated rings. The molecule has 0 spiro atoms. The van der Waals surface area contributed by atoms with Gasteiger partial charge in [-0.05, 0) is 30.5 Å². The van der Waals surface area contributed by atoms with Gasteiger partial charge in [0.1, 0.15) is 11.4 Å². The highest BCUT2D eigenvalue weighted by Gasteiger charge is 2.25. The standard InChI is InChI=1S/C14H14FNO2S/c1-14(18,12-7-4-8-19-12)9-16-13(17)10-5-2-3-6-11(10)15/h2-8,18H,9H2,1H3,(H,16,17). The fourth-order valence-corrected chi connectivity index (χ4v) is 2.45. The third-order valence-electron chi connectivity index (χ3n) is 2.76. The van der Waals surface area contributed by atoms with Crippen LogP contribution < -0.4 is 5.32 Å². The van der Waals surface area contributed by atoms with Crippen LogP contribution in [0.5, 0.6) is 0 Å². The topological polar surface area (TPSA) is 49.3 Å². The van der Waals surface area contributed by atoms with Crippen LogP contribution in [0.1, 0.15) is 22.2 Å². The third kappa shape index (κ3) is 3.19. The molecule has 0 saturated heterocycles. The highest BCUT2D eigenvalue weighted by atomic mass is 32.1. The molecule has 0 radical (unpaired) electrons. The molecule has 19 heavy (non-hydrogen) atoms. The molecular formula is C14H14FNO2S. The van der Waals surface area contributed by atoms with Crippen LogP contribution >= 0.6 is 11.3 Å². The highest BCUT2D eigenvalue weighted by molar-refractivity contribution is 7.10. The average Bonchev–Trinajstić information content (AvgIpc) is 2.91. The SMILES string of the molecule is CC(O)(CNC(=O)c1ccccc1F)c1cccs1. The van der Waals surface area contributed by atoms with Crippen LogP contribution in [-0.4, -0.2) is 17.6 Å². The lowest BCUT2D eigenvalue weighted by Crippen LogP contribution is -2.38. The molecule has 2 aromatic rings. The highest BCUT2D eigenvalue weighted by Crippen LogP contribution is 2.24. The molecule has 1 heterocycles. The molecule has 1 aromatic heterocycles. The molecule has 0 aliphatic carbocycles. The van der Waals surface area contributed by atoms with E-state index in [4.69, 9.17) is 0 Å². The van der Waals surface area contributed by atoms with Crippen molar-refractivity contribution in [3.63, 3.8) is 0 Å². The van der Waals surface area contributed by atoms with Gasteiger partial charge in [0, 0.05) is 4.88 Å². The normalized spacial score (nSPS) is 13.8. The first-order chi connectivity index (χ1) is 9.00. The minimum absolute atomic E-state index is 0.0236. The summed E-state index contributed by atoms with van der Waals surface area (Å²) in [5.74, 6) is -1.11. The predicted octanol–water partition coefficient (Wildman–Crippen LogP) is 2.52. The van der Waals surface area contributed by atoms with E-state index < -0.39 is 17.3 Å². The van der Waals surface area contributed by atoms with E-state index in [-0.39, 0.29) is 12.1 Å². The van der Waals surface area contributed by atoms with E-state index in [1.165, 1.54) is 29.5 Å². The Bertz CT molecular complexity index is 567. The zero-order valence-corrected chi connectivity index (χ0v) is 11.2. The number of hydrogen-bond donors (Lipinski definition) is 2. The molecule has 1 amide bonds. The largest absolute Gasteiger partial charge is 0.383 e. The van der Waals surface area contributed by atoms with Crippen LogP contribution in [-0.2, 0) is 5.60 Å². The number of carbonyl (C=O) groups excluding carboxylic acids is 1. The van der Waals surface area contributed by atoms with E-state index in [9.17, 15) is 14.3 Å². The van der Waals surface area contributed by atoms with Crippen molar-refractivity contribution in [2.24, 2.45) is 0 Å². The summed E-state index contributed by atoms with van der Waals surface area (Å²) < 4.78 is 13.4. The van der Waals surface area contributed by atoms with Crippen molar-refractivity contribution < 1.29 is 14.3 Å². The Hall–Kier alpha value is -1.72. The molecule has 0 saturated carbocycles. The predicted molar refractivity (Wildman–Crippen MR) is 72.6 cm³/mol. The lowest BCUT2D eigenvalue weighted by atomic mass is 10.0. The van der Waals surface area contributed by atoms with Crippen LogP contribution in [0, 0.1) is 5.82 Å². The van der Waals surface area contributed by atoms with Crippen LogP contribution in [0.3, 0.4) is 0 Å². The minimum atomic E-state index is -1.16. The van der Waals surface area contributed by atoms with Crippen molar-refractivity contribution in [2.75, 3.05) is 6.54 Å². The number of amides is 1. The Morgan fingerprint density at radius 2 is 2.11 bits per heavy atom. The summed E-state index contributed by atoms with van der Waals surface area (Å²) in [4.78, 5) is 12.6. The van der Waals surface area contributed by atoms with E-state index >= 15 is 0 Å². The lowest BCUT2D eigenvalue weighted by molar-refractivity contribution is 0.0555. The van der Waals surface area contributed by atoms with Gasteiger partial charge in [-0.2, -0.15) is 0 Å². The number of rotatable bonds is 4. The van der Waals surface area contributed by atoms with E-state index in [1.807, 2.05) is 11.4 Å². The van der Waals surface area contributed by atoms with Gasteiger partial charge in [0.15, 0.2) is 0 Å². The molecule has 2 N–H and O–H groups in total. The number of nitrogens with one attached hydrogen (secondary N) is 1. The molecule has 0 aliphatic rings. The number of benzene rings is 1. The van der Waals surface area contributed by atoms with Crippen molar-refractivity contribution >= 4 is 17.2 Å². The summed E-state index contributed by atoms with van der Waals surface area (Å²) in [7, 11) is 0. The second kappa shape index (κ2) is 5.50. The molecule has 2 rings (SSSR count). The monoisotopic (exact) mass is 279 g/mol. The van der Waals surface area contributed by atoms with Gasteiger partial charge in [0.25, 0.3) is 5.91 Å². The fourth-order valence-electron chi connectivity index (χ4n) is 1.67. The maximum atomic E-state index is 13.4. The zero-order chi connectivity index (χ0) is 13.9. The van der Waals surface area contributed by atoms with Gasteiger partial charge in [-0.15, -0.1) is 11.3 Å². The quantitative estimate of drug-likeness (QED) is 0.903. The fraction of sp³-hybridized carbons (Fsp3) is 0.214. The van der Waals surface area contributed by atoms with Crippen molar-refractivity contribution in [3.8, 4) is 0 Å². The zero-order valence-electron chi connectivity index (χ0n) is 10.4. The Labute approximate surface area is 114 Å². The first-order valence-electron chi connectivity index (χ1n) is 5.80. The van der Waals surface area contributed by atoms with E-state index in [2.05, 4.69) is 5.32 Å². The minimum Gasteiger partial charge on any atom is -0.383 e. The smallest absolute Gasteiger partial charge is 0.254 e. The second-order valence-corrected chi connectivity index (χ2v) is 5.36. The third-order valence-corrected chi connectivity index (χ3v) is 3.89. The summed E-state index contributed by atoms with van der Waals surface area (Å²) in [6, 6.07) is 9.37. The van der Waals surface area contributed by atoms with Crippen molar-refractivity contribution in [2.45, 2.75) is 12.5 Å². The Balaban J connectivity index is 2.03. The summed E-state index contributed by atoms with van der Waals surface area (Å²) in [5.41, 5.74) is -1.18. The summed E-state index contributed by atoms with van der Waals surface area (Å²) in [6.45, 7) is 1.64. The van der Waals surface area contributed by atoms with E-state index in [0.717, 1.165) is 4.88 Å². The van der Waals surface area contributed by atoms with Crippen molar-refractivity contribution in [1.82, 2.24) is 5.32 Å². The number of aliphatic hydroxyl groups is 1. The molecule has 0 bridgehead atoms. The van der Waals surface area contributed by atoms with E-state index in [1.54, 1.807) is 19.1 Å². The molecule has 1 atom stereocenters. The van der Waals surface area contributed by atoms with Gasteiger partial charge in [-0.3, -0.25) is 4.79 Å². The Morgan fingerprint density at radius 1 is 1.37 bits per heavy atom. The first kappa shape index (κ1) is 13.7. The Kier molecular flexibility index (Phi) is 3.97. The second-order valence-electron chi connectivity index (χ2n) is 4.41. The van der Waals surface area contributed by atoms with Crippen molar-refractivity contribution in [1.29, 1.82) is 0 Å². The van der Waals surface area contributed by atoms with Gasteiger partial charge in [-0.1, -0.05) is 18.2 Å². The van der Waals surface area contributed by atoms with Crippen molar-refractivity contribution in [3.05, 3.63) is 58.0 Å². The molecule has 1 unspecified atom stereocenters. The maximum absolute atomic E-state index is 13.4. The van der Waals surface area contributed by atoms with Gasteiger partial charge in [0.05, 0.1) is 12.1 Å². The number of hydrogen-bond acceptors (Lipinski definition) is 3. The molecule has 3 nitrogen and oxygen atoms in total. The van der Waals surface area contributed by atoms with Crippen LogP contribution in [0.2, 0.25) is 0 Å². The maximum Gasteiger partial charge on any atom is 0.254 e. The van der Waals surface area contributed by atoms with Gasteiger partial charge >= 0.3 is 0 Å². The number of thiophene rings is 1. The van der Waals surface area contributed by atoms with Crippen LogP contribution in [0.4, 0.5) is 4.39 Å². The van der Waals surface area contributed by atoms with Gasteiger partial charge in [-0.25, -0.2) is 4.39 Å². The molecule has 1 aromatic carbocycles. The first-order valence-corrected chi connectivity index (χ1v) is 6.68. The summed E-state index contributed by atoms with van der Waals surface area (Å²) in [6.07, 6.45) is 0. The Morgan fingerprint density at radius 3 is 2.74 bits per heavy atom. The van der Waals surface area contributed by atoms with Gasteiger partial charge < -0.3 is 10.4 Å². The average molecular weight is 279 g/mol. The van der Waals surface area contributed by atoms with E-state index in [0.29, 0.717) is 0 Å². The lowest BCUT2D eigenvalue weighted by Gasteiger charge is -2.22. The molecule has 0 aliphatic heterocycles. The molecule has 5 heteroatoms. The molecular weight excluding hydrogens is 265 g/mol. The summed E-state index contributed by atoms with van der Waals surface area (Å²) in [5, 5.41) is 14.6. The molecule has 100 valence electrons. The summed E-state index contributed by atoms with van der Waals surface area (Å²) >= 11 is 1.41. The van der Waals surface area contributed by atoms with Crippen LogP contribution in [0.15, 0.2) is 41.8 Å². The van der Waals surface area contributed by atoms with Gasteiger partial charge in [0.2, 0.25) is 0 Å². The number of carbonyl (C=O) groups is 1.